The Morgan fingerprint density at radius 3 is 2.44 bits per heavy atom. The normalized spacial score (nSPS) is 19.3. The highest BCUT2D eigenvalue weighted by Crippen LogP contribution is 2.30. The van der Waals surface area contributed by atoms with Gasteiger partial charge in [0.1, 0.15) is 11.5 Å². The lowest BCUT2D eigenvalue weighted by atomic mass is 9.89. The van der Waals surface area contributed by atoms with Gasteiger partial charge in [0.15, 0.2) is 0 Å². The Labute approximate surface area is 162 Å². The Kier molecular flexibility index (Phi) is 6.06. The van der Waals surface area contributed by atoms with Crippen molar-refractivity contribution in [3.63, 3.8) is 0 Å². The number of amides is 1. The van der Waals surface area contributed by atoms with E-state index >= 15 is 0 Å². The number of rotatable bonds is 6. The molecule has 1 aliphatic rings. The zero-order valence-electron chi connectivity index (χ0n) is 14.1. The van der Waals surface area contributed by atoms with E-state index in [0.717, 1.165) is 15.8 Å². The molecule has 0 unspecified atom stereocenters. The predicted octanol–water partition coefficient (Wildman–Crippen LogP) is 4.97. The van der Waals surface area contributed by atoms with E-state index in [4.69, 9.17) is 9.47 Å². The van der Waals surface area contributed by atoms with Crippen LogP contribution in [0.1, 0.15) is 18.4 Å². The maximum absolute atomic E-state index is 12.2. The largest absolute Gasteiger partial charge is 0.471 e. The third kappa shape index (κ3) is 5.46. The molecule has 0 aliphatic heterocycles. The Morgan fingerprint density at radius 1 is 1.11 bits per heavy atom. The quantitative estimate of drug-likeness (QED) is 0.685. The van der Waals surface area contributed by atoms with E-state index in [-0.39, 0.29) is 6.10 Å². The molecule has 4 nitrogen and oxygen atoms in total. The van der Waals surface area contributed by atoms with Crippen molar-refractivity contribution in [1.82, 2.24) is 5.32 Å². The summed E-state index contributed by atoms with van der Waals surface area (Å²) in [5.74, 6) is -0.493. The van der Waals surface area contributed by atoms with Gasteiger partial charge in [-0.1, -0.05) is 40.2 Å². The van der Waals surface area contributed by atoms with Crippen LogP contribution in [0.15, 0.2) is 53.0 Å². The SMILES string of the molecule is O=C(NC1CC(OCc2ccc(Oc3ccccc3)cc2Br)C1)C(F)(F)F. The van der Waals surface area contributed by atoms with Crippen LogP contribution in [0.2, 0.25) is 0 Å². The van der Waals surface area contributed by atoms with E-state index in [1.165, 1.54) is 0 Å². The molecule has 0 saturated heterocycles. The Bertz CT molecular complexity index is 793. The van der Waals surface area contributed by atoms with Gasteiger partial charge in [-0.2, -0.15) is 13.2 Å². The third-order valence-electron chi connectivity index (χ3n) is 4.17. The molecule has 27 heavy (non-hydrogen) atoms. The summed E-state index contributed by atoms with van der Waals surface area (Å²) < 4.78 is 48.8. The molecule has 3 rings (SSSR count). The molecule has 0 radical (unpaired) electrons. The molecule has 1 N–H and O–H groups in total. The Balaban J connectivity index is 1.45. The minimum Gasteiger partial charge on any atom is -0.457 e. The Morgan fingerprint density at radius 2 is 1.81 bits per heavy atom. The second-order valence-electron chi connectivity index (χ2n) is 6.24. The minimum atomic E-state index is -4.85. The zero-order valence-corrected chi connectivity index (χ0v) is 15.7. The summed E-state index contributed by atoms with van der Waals surface area (Å²) in [4.78, 5) is 10.9. The van der Waals surface area contributed by atoms with Gasteiger partial charge in [0.25, 0.3) is 0 Å². The molecule has 2 aromatic rings. The molecule has 8 heteroatoms. The molecule has 1 aliphatic carbocycles. The van der Waals surface area contributed by atoms with Crippen LogP contribution in [0, 0.1) is 0 Å². The van der Waals surface area contributed by atoms with Gasteiger partial charge >= 0.3 is 12.1 Å². The molecule has 144 valence electrons. The molecule has 0 atom stereocenters. The van der Waals surface area contributed by atoms with E-state index in [2.05, 4.69) is 15.9 Å². The van der Waals surface area contributed by atoms with Crippen molar-refractivity contribution in [3.05, 3.63) is 58.6 Å². The minimum absolute atomic E-state index is 0.171. The first kappa shape index (κ1) is 19.7. The van der Waals surface area contributed by atoms with Gasteiger partial charge in [0.05, 0.1) is 12.7 Å². The number of carbonyl (C=O) groups is 1. The first-order valence-corrected chi connectivity index (χ1v) is 9.11. The summed E-state index contributed by atoms with van der Waals surface area (Å²) in [6, 6.07) is 14.4. The highest BCUT2D eigenvalue weighted by Gasteiger charge is 2.42. The molecule has 1 saturated carbocycles. The predicted molar refractivity (Wildman–Crippen MR) is 96.5 cm³/mol. The number of ether oxygens (including phenoxy) is 2. The molecule has 1 amide bonds. The van der Waals surface area contributed by atoms with Crippen LogP contribution in [0.25, 0.3) is 0 Å². The maximum atomic E-state index is 12.2. The number of hydrogen-bond donors (Lipinski definition) is 1. The highest BCUT2D eigenvalue weighted by molar-refractivity contribution is 9.10. The standard InChI is InChI=1S/C19H17BrF3NO3/c20-17-10-15(27-14-4-2-1-3-5-14)7-6-12(17)11-26-16-8-13(9-16)24-18(25)19(21,22)23/h1-7,10,13,16H,8-9,11H2,(H,24,25). The summed E-state index contributed by atoms with van der Waals surface area (Å²) in [7, 11) is 0. The second kappa shape index (κ2) is 8.31. The molecule has 1 fully saturated rings. The third-order valence-corrected chi connectivity index (χ3v) is 4.90. The maximum Gasteiger partial charge on any atom is 0.471 e. The van der Waals surface area contributed by atoms with Crippen LogP contribution >= 0.6 is 15.9 Å². The topological polar surface area (TPSA) is 47.6 Å². The van der Waals surface area contributed by atoms with E-state index in [9.17, 15) is 18.0 Å². The van der Waals surface area contributed by atoms with Gasteiger partial charge in [-0.3, -0.25) is 4.79 Å². The molecule has 0 aromatic heterocycles. The van der Waals surface area contributed by atoms with Crippen molar-refractivity contribution in [2.75, 3.05) is 0 Å². The molecular weight excluding hydrogens is 427 g/mol. The van der Waals surface area contributed by atoms with Crippen molar-refractivity contribution in [1.29, 1.82) is 0 Å². The lowest BCUT2D eigenvalue weighted by Crippen LogP contribution is -2.51. The number of hydrogen-bond acceptors (Lipinski definition) is 3. The van der Waals surface area contributed by atoms with Crippen molar-refractivity contribution in [2.45, 2.75) is 37.8 Å². The number of benzene rings is 2. The van der Waals surface area contributed by atoms with Gasteiger partial charge in [-0.05, 0) is 42.7 Å². The van der Waals surface area contributed by atoms with Crippen LogP contribution < -0.4 is 10.1 Å². The van der Waals surface area contributed by atoms with E-state index in [0.29, 0.717) is 25.2 Å². The average Bonchev–Trinajstić information content (AvgIpc) is 2.58. The molecule has 2 aromatic carbocycles. The number of alkyl halides is 3. The summed E-state index contributed by atoms with van der Waals surface area (Å²) in [5.41, 5.74) is 0.901. The molecule has 0 heterocycles. The van der Waals surface area contributed by atoms with Gasteiger partial charge < -0.3 is 14.8 Å². The lowest BCUT2D eigenvalue weighted by molar-refractivity contribution is -0.176. The first-order valence-electron chi connectivity index (χ1n) is 8.32. The van der Waals surface area contributed by atoms with Gasteiger partial charge in [-0.15, -0.1) is 0 Å². The Hall–Kier alpha value is -2.06. The summed E-state index contributed by atoms with van der Waals surface area (Å²) in [6.07, 6.45) is -4.28. The van der Waals surface area contributed by atoms with Gasteiger partial charge in [0, 0.05) is 10.5 Å². The highest BCUT2D eigenvalue weighted by atomic mass is 79.9. The molecule has 0 bridgehead atoms. The van der Waals surface area contributed by atoms with Gasteiger partial charge in [-0.25, -0.2) is 0 Å². The fraction of sp³-hybridized carbons (Fsp3) is 0.316. The summed E-state index contributed by atoms with van der Waals surface area (Å²) in [5, 5.41) is 1.96. The fourth-order valence-corrected chi connectivity index (χ4v) is 3.10. The van der Waals surface area contributed by atoms with Crippen LogP contribution in [-0.2, 0) is 16.1 Å². The number of halogens is 4. The van der Waals surface area contributed by atoms with E-state index in [1.54, 1.807) is 0 Å². The van der Waals surface area contributed by atoms with Crippen LogP contribution in [-0.4, -0.2) is 24.2 Å². The monoisotopic (exact) mass is 443 g/mol. The average molecular weight is 444 g/mol. The van der Waals surface area contributed by atoms with Crippen LogP contribution in [0.3, 0.4) is 0 Å². The summed E-state index contributed by atoms with van der Waals surface area (Å²) >= 11 is 3.47. The van der Waals surface area contributed by atoms with Crippen LogP contribution in [0.5, 0.6) is 11.5 Å². The number of nitrogens with one attached hydrogen (secondary N) is 1. The number of carbonyl (C=O) groups excluding carboxylic acids is 1. The van der Waals surface area contributed by atoms with Crippen molar-refractivity contribution in [2.24, 2.45) is 0 Å². The van der Waals surface area contributed by atoms with Crippen molar-refractivity contribution < 1.29 is 27.4 Å². The number of para-hydroxylation sites is 1. The second-order valence-corrected chi connectivity index (χ2v) is 7.10. The van der Waals surface area contributed by atoms with Gasteiger partial charge in [0.2, 0.25) is 0 Å². The van der Waals surface area contributed by atoms with E-state index in [1.807, 2.05) is 53.8 Å². The first-order chi connectivity index (χ1) is 12.8. The molecular formula is C19H17BrF3NO3. The molecule has 0 spiro atoms. The van der Waals surface area contributed by atoms with Crippen molar-refractivity contribution >= 4 is 21.8 Å². The van der Waals surface area contributed by atoms with E-state index < -0.39 is 18.1 Å². The zero-order chi connectivity index (χ0) is 19.4. The van der Waals surface area contributed by atoms with Crippen LogP contribution in [0.4, 0.5) is 13.2 Å². The van der Waals surface area contributed by atoms with Crippen molar-refractivity contribution in [3.8, 4) is 11.5 Å². The summed E-state index contributed by atoms with van der Waals surface area (Å²) in [6.45, 7) is 0.316. The fourth-order valence-electron chi connectivity index (χ4n) is 2.63. The smallest absolute Gasteiger partial charge is 0.457 e. The lowest BCUT2D eigenvalue weighted by Gasteiger charge is -2.35.